The molecule has 0 aromatic heterocycles. The quantitative estimate of drug-likeness (QED) is 0.680. The van der Waals surface area contributed by atoms with E-state index >= 15 is 0 Å². The normalized spacial score (nSPS) is 30.5. The maximum Gasteiger partial charge on any atom is 0.150 e. The molecule has 0 amide bonds. The highest BCUT2D eigenvalue weighted by atomic mass is 35.5. The van der Waals surface area contributed by atoms with Crippen LogP contribution in [0.1, 0.15) is 36.5 Å². The van der Waals surface area contributed by atoms with Crippen LogP contribution < -0.4 is 4.74 Å². The molecule has 2 unspecified atom stereocenters. The predicted molar refractivity (Wildman–Crippen MR) is 97.1 cm³/mol. The van der Waals surface area contributed by atoms with Crippen LogP contribution in [0.4, 0.5) is 0 Å². The Hall–Kier alpha value is -1.22. The standard InChI is InChI=1S/C20H20Cl2O2/c1-18(15-6-4-3-5-7-15)12-19(13-20(19,21)22)24-11-14-10-16(23-2)8-9-17(14)18/h3-10H,11-13H2,1-2H3. The largest absolute Gasteiger partial charge is 0.497 e. The Balaban J connectivity index is 1.88. The number of alkyl halides is 2. The third-order valence-electron chi connectivity index (χ3n) is 5.51. The minimum atomic E-state index is -0.810. The van der Waals surface area contributed by atoms with Crippen molar-refractivity contribution in [1.29, 1.82) is 0 Å². The summed E-state index contributed by atoms with van der Waals surface area (Å²) in [5.74, 6) is 0.836. The Morgan fingerprint density at radius 2 is 1.75 bits per heavy atom. The summed E-state index contributed by atoms with van der Waals surface area (Å²) in [6, 6.07) is 16.7. The Bertz CT molecular complexity index is 774. The smallest absolute Gasteiger partial charge is 0.150 e. The lowest BCUT2D eigenvalue weighted by Gasteiger charge is -2.33. The third kappa shape index (κ3) is 2.35. The van der Waals surface area contributed by atoms with Crippen molar-refractivity contribution in [2.75, 3.05) is 7.11 Å². The van der Waals surface area contributed by atoms with Gasteiger partial charge in [0.25, 0.3) is 0 Å². The molecule has 0 saturated heterocycles. The first-order chi connectivity index (χ1) is 11.4. The van der Waals surface area contributed by atoms with Crippen molar-refractivity contribution < 1.29 is 9.47 Å². The molecule has 1 saturated carbocycles. The summed E-state index contributed by atoms with van der Waals surface area (Å²) in [6.45, 7) is 2.75. The van der Waals surface area contributed by atoms with Crippen molar-refractivity contribution in [2.24, 2.45) is 0 Å². The Morgan fingerprint density at radius 1 is 1.04 bits per heavy atom. The molecule has 4 heteroatoms. The van der Waals surface area contributed by atoms with Crippen molar-refractivity contribution in [3.05, 3.63) is 65.2 Å². The van der Waals surface area contributed by atoms with Gasteiger partial charge in [-0.05, 0) is 35.2 Å². The van der Waals surface area contributed by atoms with Gasteiger partial charge in [-0.25, -0.2) is 0 Å². The number of methoxy groups -OCH3 is 1. The van der Waals surface area contributed by atoms with Gasteiger partial charge in [-0.15, -0.1) is 0 Å². The zero-order valence-electron chi connectivity index (χ0n) is 13.8. The van der Waals surface area contributed by atoms with Crippen LogP contribution >= 0.6 is 23.2 Å². The lowest BCUT2D eigenvalue weighted by Crippen LogP contribution is -2.32. The topological polar surface area (TPSA) is 18.5 Å². The molecule has 1 aliphatic heterocycles. The van der Waals surface area contributed by atoms with Crippen LogP contribution in [0.25, 0.3) is 0 Å². The molecule has 4 rings (SSSR count). The number of halogens is 2. The minimum Gasteiger partial charge on any atom is -0.497 e. The zero-order valence-corrected chi connectivity index (χ0v) is 15.3. The molecule has 0 bridgehead atoms. The molecule has 0 radical (unpaired) electrons. The number of ether oxygens (including phenoxy) is 2. The molecule has 1 fully saturated rings. The summed E-state index contributed by atoms with van der Waals surface area (Å²) in [6.07, 6.45) is 1.42. The minimum absolute atomic E-state index is 0.217. The molecule has 24 heavy (non-hydrogen) atoms. The van der Waals surface area contributed by atoms with Gasteiger partial charge in [0.2, 0.25) is 0 Å². The van der Waals surface area contributed by atoms with Crippen molar-refractivity contribution in [2.45, 2.75) is 41.7 Å². The van der Waals surface area contributed by atoms with Gasteiger partial charge in [0.05, 0.1) is 13.7 Å². The summed E-state index contributed by atoms with van der Waals surface area (Å²) >= 11 is 13.0. The lowest BCUT2D eigenvalue weighted by atomic mass is 9.71. The number of rotatable bonds is 2. The van der Waals surface area contributed by atoms with Crippen LogP contribution in [0, 0.1) is 0 Å². The highest BCUT2D eigenvalue weighted by Crippen LogP contribution is 2.65. The average molecular weight is 363 g/mol. The van der Waals surface area contributed by atoms with E-state index in [1.165, 1.54) is 11.1 Å². The molecule has 2 atom stereocenters. The Labute approximate surface area is 152 Å². The first kappa shape index (κ1) is 16.3. The highest BCUT2D eigenvalue weighted by Gasteiger charge is 2.70. The van der Waals surface area contributed by atoms with Gasteiger partial charge in [-0.2, -0.15) is 0 Å². The predicted octanol–water partition coefficient (Wildman–Crippen LogP) is 5.24. The average Bonchev–Trinajstić information content (AvgIpc) is 3.16. The molecule has 2 nitrogen and oxygen atoms in total. The maximum atomic E-state index is 6.48. The third-order valence-corrected chi connectivity index (χ3v) is 6.47. The van der Waals surface area contributed by atoms with E-state index in [-0.39, 0.29) is 5.41 Å². The summed E-state index contributed by atoms with van der Waals surface area (Å²) < 4.78 is 10.8. The Kier molecular flexibility index (Phi) is 3.65. The van der Waals surface area contributed by atoms with E-state index in [2.05, 4.69) is 43.3 Å². The monoisotopic (exact) mass is 362 g/mol. The summed E-state index contributed by atoms with van der Waals surface area (Å²) in [7, 11) is 1.68. The van der Waals surface area contributed by atoms with Crippen molar-refractivity contribution in [1.82, 2.24) is 0 Å². The first-order valence-electron chi connectivity index (χ1n) is 8.15. The summed E-state index contributed by atoms with van der Waals surface area (Å²) in [4.78, 5) is 0. The van der Waals surface area contributed by atoms with Crippen molar-refractivity contribution >= 4 is 23.2 Å². The van der Waals surface area contributed by atoms with Gasteiger partial charge in [-0.3, -0.25) is 0 Å². The van der Waals surface area contributed by atoms with Gasteiger partial charge in [0.1, 0.15) is 15.7 Å². The van der Waals surface area contributed by atoms with E-state index in [1.54, 1.807) is 7.11 Å². The van der Waals surface area contributed by atoms with E-state index < -0.39 is 9.93 Å². The fourth-order valence-electron chi connectivity index (χ4n) is 4.01. The molecule has 0 N–H and O–H groups in total. The van der Waals surface area contributed by atoms with E-state index in [9.17, 15) is 0 Å². The first-order valence-corrected chi connectivity index (χ1v) is 8.91. The van der Waals surface area contributed by atoms with Gasteiger partial charge in [-0.1, -0.05) is 66.5 Å². The van der Waals surface area contributed by atoms with E-state index in [0.717, 1.165) is 17.7 Å². The highest BCUT2D eigenvalue weighted by molar-refractivity contribution is 6.52. The maximum absolute atomic E-state index is 6.48. The SMILES string of the molecule is COc1ccc2c(c1)COC1(CC2(C)c2ccccc2)CC1(Cl)Cl. The lowest BCUT2D eigenvalue weighted by molar-refractivity contribution is 0.0100. The molecule has 1 spiro atoms. The van der Waals surface area contributed by atoms with Crippen LogP contribution in [0.5, 0.6) is 5.75 Å². The number of benzene rings is 2. The molecular formula is C20H20Cl2O2. The van der Waals surface area contributed by atoms with Crippen LogP contribution in [0.2, 0.25) is 0 Å². The van der Waals surface area contributed by atoms with Crippen molar-refractivity contribution in [3.63, 3.8) is 0 Å². The molecule has 1 aliphatic carbocycles. The Morgan fingerprint density at radius 3 is 2.38 bits per heavy atom. The second kappa shape index (κ2) is 5.39. The molecule has 2 aromatic carbocycles. The number of hydrogen-bond acceptors (Lipinski definition) is 2. The van der Waals surface area contributed by atoms with Gasteiger partial charge in [0.15, 0.2) is 0 Å². The second-order valence-electron chi connectivity index (χ2n) is 7.06. The zero-order chi connectivity index (χ0) is 17.0. The molecule has 126 valence electrons. The summed E-state index contributed by atoms with van der Waals surface area (Å²) in [5, 5.41) is 0. The van der Waals surface area contributed by atoms with E-state index in [0.29, 0.717) is 13.0 Å². The van der Waals surface area contributed by atoms with Crippen LogP contribution in [-0.4, -0.2) is 17.0 Å². The van der Waals surface area contributed by atoms with Gasteiger partial charge in [0, 0.05) is 11.8 Å². The number of hydrogen-bond donors (Lipinski definition) is 0. The van der Waals surface area contributed by atoms with Crippen LogP contribution in [0.3, 0.4) is 0 Å². The second-order valence-corrected chi connectivity index (χ2v) is 8.55. The van der Waals surface area contributed by atoms with Gasteiger partial charge >= 0.3 is 0 Å². The fourth-order valence-corrected chi connectivity index (χ4v) is 4.69. The molecule has 2 aromatic rings. The van der Waals surface area contributed by atoms with Crippen LogP contribution in [0.15, 0.2) is 48.5 Å². The molecule has 2 aliphatic rings. The molecular weight excluding hydrogens is 343 g/mol. The molecule has 1 heterocycles. The van der Waals surface area contributed by atoms with Crippen molar-refractivity contribution in [3.8, 4) is 5.75 Å². The summed E-state index contributed by atoms with van der Waals surface area (Å²) in [5.41, 5.74) is 2.92. The fraction of sp³-hybridized carbons (Fsp3) is 0.400. The van der Waals surface area contributed by atoms with E-state index in [4.69, 9.17) is 32.7 Å². The van der Waals surface area contributed by atoms with Crippen LogP contribution in [-0.2, 0) is 16.8 Å². The van der Waals surface area contributed by atoms with E-state index in [1.807, 2.05) is 12.1 Å². The number of fused-ring (bicyclic) bond motifs is 1. The van der Waals surface area contributed by atoms with Gasteiger partial charge < -0.3 is 9.47 Å².